The molecule has 0 aliphatic heterocycles. The van der Waals surface area contributed by atoms with Crippen molar-refractivity contribution in [3.63, 3.8) is 0 Å². The van der Waals surface area contributed by atoms with E-state index in [1.54, 1.807) is 0 Å². The summed E-state index contributed by atoms with van der Waals surface area (Å²) in [5.74, 6) is -2.99. The maximum Gasteiger partial charge on any atom is 0.314 e. The molecular weight excluding hydrogens is 270 g/mol. The molecule has 15 heavy (non-hydrogen) atoms. The van der Waals surface area contributed by atoms with Crippen LogP contribution in [0.1, 0.15) is 18.4 Å². The SMILES string of the molecule is O=C(O)C1(c2cc(F)c(F)c(Br)c2)CC1. The van der Waals surface area contributed by atoms with Crippen LogP contribution in [0.4, 0.5) is 8.78 Å². The number of hydrogen-bond donors (Lipinski definition) is 1. The van der Waals surface area contributed by atoms with Crippen molar-refractivity contribution in [2.45, 2.75) is 18.3 Å². The zero-order valence-electron chi connectivity index (χ0n) is 7.56. The second-order valence-electron chi connectivity index (χ2n) is 3.64. The number of halogens is 3. The van der Waals surface area contributed by atoms with Crippen LogP contribution in [0.5, 0.6) is 0 Å². The van der Waals surface area contributed by atoms with Crippen molar-refractivity contribution in [1.82, 2.24) is 0 Å². The largest absolute Gasteiger partial charge is 0.481 e. The predicted octanol–water partition coefficient (Wildman–Crippen LogP) is 2.84. The molecule has 1 fully saturated rings. The molecule has 1 aliphatic carbocycles. The molecule has 0 bridgehead atoms. The predicted molar refractivity (Wildman–Crippen MR) is 52.6 cm³/mol. The van der Waals surface area contributed by atoms with E-state index in [9.17, 15) is 13.6 Å². The van der Waals surface area contributed by atoms with Crippen molar-refractivity contribution in [1.29, 1.82) is 0 Å². The lowest BCUT2D eigenvalue weighted by molar-refractivity contribution is -0.140. The van der Waals surface area contributed by atoms with Crippen molar-refractivity contribution in [3.8, 4) is 0 Å². The maximum atomic E-state index is 13.1. The van der Waals surface area contributed by atoms with Gasteiger partial charge in [-0.3, -0.25) is 4.79 Å². The smallest absolute Gasteiger partial charge is 0.314 e. The third-order valence-electron chi connectivity index (χ3n) is 2.70. The quantitative estimate of drug-likeness (QED) is 0.844. The highest BCUT2D eigenvalue weighted by Gasteiger charge is 2.52. The van der Waals surface area contributed by atoms with Crippen molar-refractivity contribution in [3.05, 3.63) is 33.8 Å². The normalized spacial score (nSPS) is 17.5. The summed E-state index contributed by atoms with van der Waals surface area (Å²) in [7, 11) is 0. The van der Waals surface area contributed by atoms with Gasteiger partial charge in [0.05, 0.1) is 9.89 Å². The van der Waals surface area contributed by atoms with Gasteiger partial charge in [0, 0.05) is 0 Å². The zero-order valence-corrected chi connectivity index (χ0v) is 9.14. The van der Waals surface area contributed by atoms with Crippen LogP contribution in [0, 0.1) is 11.6 Å². The highest BCUT2D eigenvalue weighted by molar-refractivity contribution is 9.10. The van der Waals surface area contributed by atoms with Crippen LogP contribution >= 0.6 is 15.9 Å². The molecule has 2 nitrogen and oxygen atoms in total. The first-order valence-corrected chi connectivity index (χ1v) is 5.15. The first kappa shape index (κ1) is 10.5. The maximum absolute atomic E-state index is 13.1. The van der Waals surface area contributed by atoms with Gasteiger partial charge in [0.25, 0.3) is 0 Å². The molecule has 1 aliphatic rings. The van der Waals surface area contributed by atoms with Gasteiger partial charge in [-0.05, 0) is 46.5 Å². The lowest BCUT2D eigenvalue weighted by Crippen LogP contribution is -2.19. The average Bonchev–Trinajstić information content (AvgIpc) is 2.93. The Hall–Kier alpha value is -0.970. The van der Waals surface area contributed by atoms with Crippen molar-refractivity contribution < 1.29 is 18.7 Å². The van der Waals surface area contributed by atoms with E-state index < -0.39 is 23.0 Å². The van der Waals surface area contributed by atoms with E-state index in [1.807, 2.05) is 0 Å². The molecule has 0 saturated heterocycles. The van der Waals surface area contributed by atoms with Crippen LogP contribution in [0.3, 0.4) is 0 Å². The highest BCUT2D eigenvalue weighted by atomic mass is 79.9. The van der Waals surface area contributed by atoms with Crippen LogP contribution in [0.25, 0.3) is 0 Å². The fourth-order valence-electron chi connectivity index (χ4n) is 1.58. The third-order valence-corrected chi connectivity index (χ3v) is 3.27. The van der Waals surface area contributed by atoms with Gasteiger partial charge in [0.2, 0.25) is 0 Å². The minimum absolute atomic E-state index is 0.0370. The van der Waals surface area contributed by atoms with E-state index in [-0.39, 0.29) is 4.47 Å². The molecule has 0 aromatic heterocycles. The summed E-state index contributed by atoms with van der Waals surface area (Å²) in [4.78, 5) is 11.0. The van der Waals surface area contributed by atoms with Crippen LogP contribution in [-0.4, -0.2) is 11.1 Å². The average molecular weight is 277 g/mol. The number of carbonyl (C=O) groups is 1. The highest BCUT2D eigenvalue weighted by Crippen LogP contribution is 2.49. The van der Waals surface area contributed by atoms with E-state index in [4.69, 9.17) is 5.11 Å². The molecule has 1 N–H and O–H groups in total. The van der Waals surface area contributed by atoms with Gasteiger partial charge in [-0.2, -0.15) is 0 Å². The molecule has 1 aromatic carbocycles. The fraction of sp³-hybridized carbons (Fsp3) is 0.300. The van der Waals surface area contributed by atoms with Gasteiger partial charge < -0.3 is 5.11 Å². The number of benzene rings is 1. The first-order chi connectivity index (χ1) is 6.97. The van der Waals surface area contributed by atoms with Gasteiger partial charge in [-0.25, -0.2) is 8.78 Å². The Kier molecular flexibility index (Phi) is 2.30. The molecule has 0 heterocycles. The minimum Gasteiger partial charge on any atom is -0.481 e. The number of aliphatic carboxylic acids is 1. The lowest BCUT2D eigenvalue weighted by atomic mass is 9.96. The van der Waals surface area contributed by atoms with E-state index in [0.29, 0.717) is 18.4 Å². The van der Waals surface area contributed by atoms with Gasteiger partial charge in [0.15, 0.2) is 11.6 Å². The van der Waals surface area contributed by atoms with Crippen LogP contribution in [-0.2, 0) is 10.2 Å². The number of rotatable bonds is 2. The standard InChI is InChI=1S/C10H7BrF2O2/c11-6-3-5(4-7(12)8(6)13)10(1-2-10)9(14)15/h3-4H,1-2H2,(H,14,15). The Morgan fingerprint density at radius 3 is 2.40 bits per heavy atom. The summed E-state index contributed by atoms with van der Waals surface area (Å²) in [5, 5.41) is 8.98. The topological polar surface area (TPSA) is 37.3 Å². The molecular formula is C10H7BrF2O2. The van der Waals surface area contributed by atoms with E-state index >= 15 is 0 Å². The van der Waals surface area contributed by atoms with Crippen molar-refractivity contribution >= 4 is 21.9 Å². The summed E-state index contributed by atoms with van der Waals surface area (Å²) in [6.45, 7) is 0. The zero-order chi connectivity index (χ0) is 11.2. The fourth-order valence-corrected chi connectivity index (χ4v) is 2.02. The molecule has 80 valence electrons. The monoisotopic (exact) mass is 276 g/mol. The Morgan fingerprint density at radius 2 is 2.00 bits per heavy atom. The lowest BCUT2D eigenvalue weighted by Gasteiger charge is -2.11. The van der Waals surface area contributed by atoms with Crippen LogP contribution in [0.2, 0.25) is 0 Å². The van der Waals surface area contributed by atoms with Gasteiger partial charge in [0.1, 0.15) is 0 Å². The minimum atomic E-state index is -1.02. The molecule has 2 rings (SSSR count). The van der Waals surface area contributed by atoms with Gasteiger partial charge in [-0.1, -0.05) is 0 Å². The second kappa shape index (κ2) is 3.27. The Labute approximate surface area is 93.0 Å². The number of hydrogen-bond acceptors (Lipinski definition) is 1. The van der Waals surface area contributed by atoms with E-state index in [1.165, 1.54) is 6.07 Å². The summed E-state index contributed by atoms with van der Waals surface area (Å²) in [6, 6.07) is 2.29. The van der Waals surface area contributed by atoms with E-state index in [0.717, 1.165) is 6.07 Å². The van der Waals surface area contributed by atoms with Gasteiger partial charge >= 0.3 is 5.97 Å². The summed E-state index contributed by atoms with van der Waals surface area (Å²) in [6.07, 6.45) is 0.944. The summed E-state index contributed by atoms with van der Waals surface area (Å²) >= 11 is 2.86. The molecule has 0 spiro atoms. The third kappa shape index (κ3) is 1.55. The summed E-state index contributed by atoms with van der Waals surface area (Å²) < 4.78 is 26.0. The summed E-state index contributed by atoms with van der Waals surface area (Å²) in [5.41, 5.74) is -0.683. The molecule has 1 saturated carbocycles. The van der Waals surface area contributed by atoms with Crippen LogP contribution < -0.4 is 0 Å². The van der Waals surface area contributed by atoms with Crippen molar-refractivity contribution in [2.24, 2.45) is 0 Å². The molecule has 5 heteroatoms. The molecule has 0 unspecified atom stereocenters. The Balaban J connectivity index is 2.51. The second-order valence-corrected chi connectivity index (χ2v) is 4.50. The first-order valence-electron chi connectivity index (χ1n) is 4.36. The number of carboxylic acids is 1. The Bertz CT molecular complexity index is 418. The molecule has 0 radical (unpaired) electrons. The molecule has 0 amide bonds. The number of carboxylic acid groups (broad SMARTS) is 1. The molecule has 1 aromatic rings. The van der Waals surface area contributed by atoms with Crippen molar-refractivity contribution in [2.75, 3.05) is 0 Å². The van der Waals surface area contributed by atoms with Gasteiger partial charge in [-0.15, -0.1) is 0 Å². The van der Waals surface area contributed by atoms with E-state index in [2.05, 4.69) is 15.9 Å². The molecule has 0 atom stereocenters. The van der Waals surface area contributed by atoms with Crippen LogP contribution in [0.15, 0.2) is 16.6 Å². The Morgan fingerprint density at radius 1 is 1.40 bits per heavy atom.